The molecular weight excluding hydrogens is 268 g/mol. The second kappa shape index (κ2) is 5.12. The minimum Gasteiger partial charge on any atom is -0.339 e. The predicted octanol–water partition coefficient (Wildman–Crippen LogP) is 2.26. The highest BCUT2D eigenvalue weighted by atomic mass is 16.5. The smallest absolute Gasteiger partial charge is 0.272 e. The normalized spacial score (nSPS) is 11.4. The Morgan fingerprint density at radius 2 is 2.00 bits per heavy atom. The zero-order chi connectivity index (χ0) is 15.0. The van der Waals surface area contributed by atoms with E-state index in [1.807, 2.05) is 38.1 Å². The van der Waals surface area contributed by atoms with Crippen molar-refractivity contribution >= 4 is 11.0 Å². The quantitative estimate of drug-likeness (QED) is 0.737. The average molecular weight is 284 g/mol. The predicted molar refractivity (Wildman–Crippen MR) is 78.2 cm³/mol. The molecule has 2 aromatic heterocycles. The van der Waals surface area contributed by atoms with Crippen LogP contribution in [0.2, 0.25) is 0 Å². The molecule has 0 unspecified atom stereocenters. The molecule has 0 aliphatic carbocycles. The number of benzene rings is 1. The van der Waals surface area contributed by atoms with Crippen LogP contribution in [0.25, 0.3) is 11.0 Å². The Morgan fingerprint density at radius 1 is 1.24 bits per heavy atom. The van der Waals surface area contributed by atoms with E-state index in [9.17, 15) is 4.79 Å². The Kier molecular flexibility index (Phi) is 3.29. The highest BCUT2D eigenvalue weighted by Crippen LogP contribution is 2.13. The molecule has 0 fully saturated rings. The van der Waals surface area contributed by atoms with Crippen molar-refractivity contribution in [2.45, 2.75) is 33.2 Å². The maximum absolute atomic E-state index is 12.3. The fourth-order valence-corrected chi connectivity index (χ4v) is 2.18. The molecule has 108 valence electrons. The monoisotopic (exact) mass is 284 g/mol. The summed E-state index contributed by atoms with van der Waals surface area (Å²) in [6, 6.07) is 7.53. The molecule has 1 aromatic carbocycles. The molecule has 0 radical (unpaired) electrons. The lowest BCUT2D eigenvalue weighted by Crippen LogP contribution is -2.25. The number of aromatic nitrogens is 4. The number of nitrogens with zero attached hydrogens (tertiary/aromatic N) is 4. The molecule has 0 spiro atoms. The molecule has 0 saturated heterocycles. The molecule has 0 aliphatic rings. The summed E-state index contributed by atoms with van der Waals surface area (Å²) in [7, 11) is 0. The Bertz CT molecular complexity index is 848. The van der Waals surface area contributed by atoms with Gasteiger partial charge in [-0.25, -0.2) is 4.98 Å². The van der Waals surface area contributed by atoms with Gasteiger partial charge in [0.2, 0.25) is 5.89 Å². The van der Waals surface area contributed by atoms with Crippen LogP contribution in [0.1, 0.15) is 37.2 Å². The van der Waals surface area contributed by atoms with E-state index in [-0.39, 0.29) is 18.0 Å². The van der Waals surface area contributed by atoms with Gasteiger partial charge in [0.1, 0.15) is 5.69 Å². The minimum absolute atomic E-state index is 0.135. The van der Waals surface area contributed by atoms with Gasteiger partial charge in [-0.1, -0.05) is 31.1 Å². The zero-order valence-electron chi connectivity index (χ0n) is 12.2. The lowest BCUT2D eigenvalue weighted by Gasteiger charge is -2.08. The van der Waals surface area contributed by atoms with Crippen LogP contribution in [0.5, 0.6) is 0 Å². The third-order valence-electron chi connectivity index (χ3n) is 3.29. The van der Waals surface area contributed by atoms with Gasteiger partial charge in [0.05, 0.1) is 17.6 Å². The first-order valence-electron chi connectivity index (χ1n) is 6.85. The van der Waals surface area contributed by atoms with E-state index in [4.69, 9.17) is 4.52 Å². The number of fused-ring (bicyclic) bond motifs is 1. The highest BCUT2D eigenvalue weighted by Gasteiger charge is 2.13. The van der Waals surface area contributed by atoms with Crippen molar-refractivity contribution in [3.8, 4) is 0 Å². The van der Waals surface area contributed by atoms with E-state index in [1.165, 1.54) is 0 Å². The summed E-state index contributed by atoms with van der Waals surface area (Å²) in [4.78, 5) is 21.0. The lowest BCUT2D eigenvalue weighted by molar-refractivity contribution is 0.360. The first-order valence-corrected chi connectivity index (χ1v) is 6.85. The molecular formula is C15H16N4O2. The third-order valence-corrected chi connectivity index (χ3v) is 3.29. The zero-order valence-corrected chi connectivity index (χ0v) is 12.2. The minimum atomic E-state index is -0.135. The molecule has 6 heteroatoms. The maximum Gasteiger partial charge on any atom is 0.272 e. The van der Waals surface area contributed by atoms with Crippen molar-refractivity contribution in [1.82, 2.24) is 19.7 Å². The molecule has 0 amide bonds. The van der Waals surface area contributed by atoms with E-state index in [0.29, 0.717) is 17.4 Å². The Balaban J connectivity index is 2.10. The van der Waals surface area contributed by atoms with Gasteiger partial charge in [0.15, 0.2) is 5.82 Å². The second-order valence-corrected chi connectivity index (χ2v) is 5.28. The molecule has 3 rings (SSSR count). The fraction of sp³-hybridized carbons (Fsp3) is 0.333. The van der Waals surface area contributed by atoms with Crippen LogP contribution >= 0.6 is 0 Å². The van der Waals surface area contributed by atoms with Crippen molar-refractivity contribution < 1.29 is 4.52 Å². The van der Waals surface area contributed by atoms with Gasteiger partial charge in [-0.3, -0.25) is 9.36 Å². The number of aryl methyl sites for hydroxylation is 1. The summed E-state index contributed by atoms with van der Waals surface area (Å²) < 4.78 is 6.82. The van der Waals surface area contributed by atoms with Gasteiger partial charge in [0.25, 0.3) is 5.56 Å². The van der Waals surface area contributed by atoms with E-state index >= 15 is 0 Å². The fourth-order valence-electron chi connectivity index (χ4n) is 2.18. The average Bonchev–Trinajstić information content (AvgIpc) is 2.93. The molecule has 0 atom stereocenters. The molecule has 6 nitrogen and oxygen atoms in total. The van der Waals surface area contributed by atoms with Gasteiger partial charge in [0, 0.05) is 5.92 Å². The SMILES string of the molecule is Cc1nc2ccccc2n(Cc2noc(C(C)C)n2)c1=O. The highest BCUT2D eigenvalue weighted by molar-refractivity contribution is 5.74. The van der Waals surface area contributed by atoms with Crippen LogP contribution in [0.4, 0.5) is 0 Å². The summed E-state index contributed by atoms with van der Waals surface area (Å²) in [5.41, 5.74) is 1.87. The Hall–Kier alpha value is -2.50. The van der Waals surface area contributed by atoms with E-state index in [2.05, 4.69) is 15.1 Å². The van der Waals surface area contributed by atoms with Crippen LogP contribution in [-0.2, 0) is 6.54 Å². The van der Waals surface area contributed by atoms with Crippen LogP contribution < -0.4 is 5.56 Å². The van der Waals surface area contributed by atoms with Gasteiger partial charge in [-0.2, -0.15) is 4.98 Å². The summed E-state index contributed by atoms with van der Waals surface area (Å²) in [6.07, 6.45) is 0. The van der Waals surface area contributed by atoms with Gasteiger partial charge in [-0.05, 0) is 19.1 Å². The van der Waals surface area contributed by atoms with E-state index < -0.39 is 0 Å². The van der Waals surface area contributed by atoms with Crippen molar-refractivity contribution in [1.29, 1.82) is 0 Å². The van der Waals surface area contributed by atoms with Gasteiger partial charge < -0.3 is 4.52 Å². The number of rotatable bonds is 3. The van der Waals surface area contributed by atoms with Crippen LogP contribution in [0.15, 0.2) is 33.6 Å². The molecule has 0 aliphatic heterocycles. The van der Waals surface area contributed by atoms with Crippen LogP contribution in [-0.4, -0.2) is 19.7 Å². The summed E-state index contributed by atoms with van der Waals surface area (Å²) in [5, 5.41) is 3.94. The summed E-state index contributed by atoms with van der Waals surface area (Å²) in [6.45, 7) is 5.95. The van der Waals surface area contributed by atoms with Gasteiger partial charge >= 0.3 is 0 Å². The summed E-state index contributed by atoms with van der Waals surface area (Å²) >= 11 is 0. The third kappa shape index (κ3) is 2.44. The van der Waals surface area contributed by atoms with E-state index in [1.54, 1.807) is 11.5 Å². The van der Waals surface area contributed by atoms with Crippen molar-refractivity contribution in [3.63, 3.8) is 0 Å². The van der Waals surface area contributed by atoms with Crippen LogP contribution in [0.3, 0.4) is 0 Å². The standard InChI is InChI=1S/C15H16N4O2/c1-9(2)14-17-13(18-21-14)8-19-12-7-5-4-6-11(12)16-10(3)15(19)20/h4-7,9H,8H2,1-3H3. The molecule has 0 bridgehead atoms. The lowest BCUT2D eigenvalue weighted by atomic mass is 10.2. The van der Waals surface area contributed by atoms with Crippen LogP contribution in [0, 0.1) is 6.92 Å². The number of para-hydroxylation sites is 2. The first kappa shape index (κ1) is 13.5. The molecule has 2 heterocycles. The number of hydrogen-bond donors (Lipinski definition) is 0. The Morgan fingerprint density at radius 3 is 2.71 bits per heavy atom. The number of hydrogen-bond acceptors (Lipinski definition) is 5. The maximum atomic E-state index is 12.3. The molecule has 21 heavy (non-hydrogen) atoms. The van der Waals surface area contributed by atoms with E-state index in [0.717, 1.165) is 11.0 Å². The largest absolute Gasteiger partial charge is 0.339 e. The Labute approximate surface area is 121 Å². The van der Waals surface area contributed by atoms with Crippen molar-refractivity contribution in [3.05, 3.63) is 52.0 Å². The second-order valence-electron chi connectivity index (χ2n) is 5.28. The molecule has 0 saturated carbocycles. The topological polar surface area (TPSA) is 73.8 Å². The van der Waals surface area contributed by atoms with Gasteiger partial charge in [-0.15, -0.1) is 0 Å². The van der Waals surface area contributed by atoms with Crippen molar-refractivity contribution in [2.24, 2.45) is 0 Å². The first-order chi connectivity index (χ1) is 10.1. The molecule has 0 N–H and O–H groups in total. The summed E-state index contributed by atoms with van der Waals surface area (Å²) in [5.74, 6) is 1.24. The molecule has 3 aromatic rings. The van der Waals surface area contributed by atoms with Crippen molar-refractivity contribution in [2.75, 3.05) is 0 Å².